The van der Waals surface area contributed by atoms with E-state index in [2.05, 4.69) is 48.3 Å². The molecule has 2 aromatic rings. The Morgan fingerprint density at radius 2 is 2.00 bits per heavy atom. The molecule has 2 heterocycles. The van der Waals surface area contributed by atoms with E-state index in [0.29, 0.717) is 24.8 Å². The van der Waals surface area contributed by atoms with E-state index in [4.69, 9.17) is 14.2 Å². The summed E-state index contributed by atoms with van der Waals surface area (Å²) in [4.78, 5) is 2.61. The number of hydrogen-bond acceptors (Lipinski definition) is 5. The fourth-order valence-corrected chi connectivity index (χ4v) is 9.02. The van der Waals surface area contributed by atoms with Gasteiger partial charge >= 0.3 is 0 Å². The standard InChI is InChI=1S/C29H32N2O3/c1-31-13-12-28-24-20-8-9-21(16-30)25(24)34-26(28)29(32-2)11-10-27(28,23(31)14-20)15-22(29)18-33-17-19-6-4-3-5-7-19/h3-9,22-23,26H,10-15,17-18H2,1-2H3/t22-,23-,26-,27?,28?,29?/m1/s1. The van der Waals surface area contributed by atoms with E-state index in [-0.39, 0.29) is 28.5 Å². The number of likely N-dealkylation sites (tertiary alicyclic amines) is 1. The second-order valence-corrected chi connectivity index (χ2v) is 11.2. The van der Waals surface area contributed by atoms with Gasteiger partial charge in [0, 0.05) is 35.5 Å². The van der Waals surface area contributed by atoms with Crippen LogP contribution in [0.25, 0.3) is 0 Å². The van der Waals surface area contributed by atoms with Gasteiger partial charge in [0.1, 0.15) is 23.5 Å². The van der Waals surface area contributed by atoms with Gasteiger partial charge in [-0.1, -0.05) is 36.4 Å². The second kappa shape index (κ2) is 7.07. The van der Waals surface area contributed by atoms with Gasteiger partial charge in [-0.25, -0.2) is 0 Å². The molecular weight excluding hydrogens is 424 g/mol. The summed E-state index contributed by atoms with van der Waals surface area (Å²) in [5.74, 6) is 1.12. The van der Waals surface area contributed by atoms with Crippen LogP contribution in [-0.4, -0.2) is 50.0 Å². The van der Waals surface area contributed by atoms with Crippen LogP contribution in [0, 0.1) is 22.7 Å². The number of piperidine rings is 1. The Hall–Kier alpha value is -2.39. The molecule has 4 aliphatic carbocycles. The van der Waals surface area contributed by atoms with Gasteiger partial charge in [-0.2, -0.15) is 5.26 Å². The number of nitriles is 1. The smallest absolute Gasteiger partial charge is 0.141 e. The van der Waals surface area contributed by atoms with Gasteiger partial charge in [-0.05, 0) is 62.9 Å². The molecule has 0 N–H and O–H groups in total. The third-order valence-corrected chi connectivity index (χ3v) is 10.3. The van der Waals surface area contributed by atoms with Crippen molar-refractivity contribution >= 4 is 0 Å². The van der Waals surface area contributed by atoms with E-state index in [0.717, 1.165) is 44.4 Å². The molecule has 4 fully saturated rings. The van der Waals surface area contributed by atoms with Crippen molar-refractivity contribution in [3.8, 4) is 11.8 Å². The van der Waals surface area contributed by atoms with E-state index < -0.39 is 0 Å². The van der Waals surface area contributed by atoms with Crippen molar-refractivity contribution in [3.05, 3.63) is 64.7 Å². The van der Waals surface area contributed by atoms with Crippen LogP contribution < -0.4 is 4.74 Å². The molecule has 3 saturated carbocycles. The first-order valence-electron chi connectivity index (χ1n) is 12.7. The number of nitrogens with zero attached hydrogens (tertiary/aromatic N) is 2. The van der Waals surface area contributed by atoms with Crippen LogP contribution in [0.2, 0.25) is 0 Å². The molecule has 1 saturated heterocycles. The molecule has 0 radical (unpaired) electrons. The summed E-state index contributed by atoms with van der Waals surface area (Å²) in [7, 11) is 4.17. The Balaban J connectivity index is 1.33. The third kappa shape index (κ3) is 2.30. The number of fused-ring (bicyclic) bond motifs is 2. The lowest BCUT2D eigenvalue weighted by Gasteiger charge is -2.73. The molecule has 176 valence electrons. The molecule has 6 atom stereocenters. The maximum atomic E-state index is 9.93. The normalized spacial score (nSPS) is 38.8. The number of ether oxygens (including phenoxy) is 3. The SMILES string of the molecule is COC12CCC3(C[C@@H]1COCc1ccccc1)[C@H]1Cc4ccc(C#N)c5c4C3(CCN1C)[C@H]2O5. The van der Waals surface area contributed by atoms with Crippen molar-refractivity contribution < 1.29 is 14.2 Å². The molecule has 2 aliphatic heterocycles. The van der Waals surface area contributed by atoms with Crippen molar-refractivity contribution in [1.82, 2.24) is 4.90 Å². The lowest BCUT2D eigenvalue weighted by Crippen LogP contribution is -2.81. The summed E-state index contributed by atoms with van der Waals surface area (Å²) < 4.78 is 19.8. The van der Waals surface area contributed by atoms with Gasteiger partial charge < -0.3 is 19.1 Å². The maximum absolute atomic E-state index is 9.93. The Bertz CT molecular complexity index is 1190. The largest absolute Gasteiger partial charge is 0.485 e. The Morgan fingerprint density at radius 1 is 1.15 bits per heavy atom. The van der Waals surface area contributed by atoms with E-state index in [1.165, 1.54) is 16.7 Å². The molecule has 5 heteroatoms. The zero-order valence-corrected chi connectivity index (χ0v) is 20.0. The van der Waals surface area contributed by atoms with Crippen LogP contribution in [0.5, 0.6) is 5.75 Å². The summed E-state index contributed by atoms with van der Waals surface area (Å²) in [5, 5.41) is 9.93. The van der Waals surface area contributed by atoms with Crippen LogP contribution in [0.4, 0.5) is 0 Å². The molecule has 0 amide bonds. The minimum absolute atomic E-state index is 0.0578. The molecule has 0 aromatic heterocycles. The van der Waals surface area contributed by atoms with E-state index in [1.807, 2.05) is 19.2 Å². The highest BCUT2D eigenvalue weighted by atomic mass is 16.6. The lowest BCUT2D eigenvalue weighted by atomic mass is 9.35. The summed E-state index contributed by atoms with van der Waals surface area (Å²) >= 11 is 0. The molecule has 3 unspecified atom stereocenters. The Kier molecular flexibility index (Phi) is 4.35. The number of rotatable bonds is 5. The van der Waals surface area contributed by atoms with Gasteiger partial charge in [0.25, 0.3) is 0 Å². The first-order chi connectivity index (χ1) is 16.6. The lowest BCUT2D eigenvalue weighted by molar-refractivity contribution is -0.282. The topological polar surface area (TPSA) is 54.7 Å². The van der Waals surface area contributed by atoms with Crippen LogP contribution >= 0.6 is 0 Å². The van der Waals surface area contributed by atoms with Gasteiger partial charge in [0.15, 0.2) is 0 Å². The highest BCUT2D eigenvalue weighted by molar-refractivity contribution is 5.63. The highest BCUT2D eigenvalue weighted by Crippen LogP contribution is 2.76. The average molecular weight is 457 g/mol. The van der Waals surface area contributed by atoms with Gasteiger partial charge in [0.2, 0.25) is 0 Å². The second-order valence-electron chi connectivity index (χ2n) is 11.2. The van der Waals surface area contributed by atoms with Crippen molar-refractivity contribution in [2.75, 3.05) is 27.3 Å². The zero-order valence-electron chi connectivity index (χ0n) is 20.0. The molecule has 34 heavy (non-hydrogen) atoms. The van der Waals surface area contributed by atoms with E-state index in [9.17, 15) is 5.26 Å². The van der Waals surface area contributed by atoms with Crippen molar-refractivity contribution in [2.24, 2.45) is 11.3 Å². The molecule has 4 bridgehead atoms. The first kappa shape index (κ1) is 20.9. The van der Waals surface area contributed by atoms with Crippen molar-refractivity contribution in [3.63, 3.8) is 0 Å². The van der Waals surface area contributed by atoms with Crippen molar-refractivity contribution in [1.29, 1.82) is 5.26 Å². The monoisotopic (exact) mass is 456 g/mol. The summed E-state index contributed by atoms with van der Waals surface area (Å²) in [5.41, 5.74) is 4.30. The van der Waals surface area contributed by atoms with Crippen molar-refractivity contribution in [2.45, 2.75) is 61.9 Å². The molecular formula is C29H32N2O3. The summed E-state index contributed by atoms with van der Waals surface area (Å²) in [6.45, 7) is 2.36. The molecule has 5 nitrogen and oxygen atoms in total. The number of methoxy groups -OCH3 is 1. The minimum atomic E-state index is -0.390. The molecule has 2 aromatic carbocycles. The Labute approximate surface area is 201 Å². The predicted octanol–water partition coefficient (Wildman–Crippen LogP) is 4.22. The van der Waals surface area contributed by atoms with Gasteiger partial charge in [-0.15, -0.1) is 0 Å². The first-order valence-corrected chi connectivity index (χ1v) is 12.7. The summed E-state index contributed by atoms with van der Waals surface area (Å²) in [6, 6.07) is 17.5. The predicted molar refractivity (Wildman–Crippen MR) is 128 cm³/mol. The van der Waals surface area contributed by atoms with Gasteiger partial charge in [0.05, 0.1) is 18.8 Å². The fraction of sp³-hybridized carbons (Fsp3) is 0.552. The van der Waals surface area contributed by atoms with Crippen LogP contribution in [0.15, 0.2) is 42.5 Å². The minimum Gasteiger partial charge on any atom is -0.485 e. The number of likely N-dealkylation sites (N-methyl/N-ethyl adjacent to an activating group) is 1. The third-order valence-electron chi connectivity index (χ3n) is 10.3. The van der Waals surface area contributed by atoms with Crippen LogP contribution in [-0.2, 0) is 27.9 Å². The quantitative estimate of drug-likeness (QED) is 0.674. The van der Waals surface area contributed by atoms with Crippen LogP contribution in [0.3, 0.4) is 0 Å². The summed E-state index contributed by atoms with van der Waals surface area (Å²) in [6.07, 6.45) is 5.30. The molecule has 2 spiro atoms. The van der Waals surface area contributed by atoms with E-state index in [1.54, 1.807) is 0 Å². The molecule has 8 rings (SSSR count). The number of hydrogen-bond donors (Lipinski definition) is 0. The maximum Gasteiger partial charge on any atom is 0.141 e. The number of benzene rings is 2. The fourth-order valence-electron chi connectivity index (χ4n) is 9.02. The highest BCUT2D eigenvalue weighted by Gasteiger charge is 2.80. The zero-order chi connectivity index (χ0) is 23.1. The van der Waals surface area contributed by atoms with Gasteiger partial charge in [-0.3, -0.25) is 0 Å². The molecule has 6 aliphatic rings. The average Bonchev–Trinajstić information content (AvgIpc) is 3.24. The van der Waals surface area contributed by atoms with E-state index >= 15 is 0 Å². The Morgan fingerprint density at radius 3 is 2.79 bits per heavy atom. The van der Waals surface area contributed by atoms with Crippen LogP contribution in [0.1, 0.15) is 47.9 Å².